The summed E-state index contributed by atoms with van der Waals surface area (Å²) in [5.41, 5.74) is 21.3. The van der Waals surface area contributed by atoms with Crippen LogP contribution < -0.4 is 4.90 Å². The van der Waals surface area contributed by atoms with Crippen molar-refractivity contribution in [1.29, 1.82) is 0 Å². The Bertz CT molecular complexity index is 2810. The van der Waals surface area contributed by atoms with Gasteiger partial charge in [-0.2, -0.15) is 0 Å². The van der Waals surface area contributed by atoms with E-state index in [0.717, 1.165) is 16.9 Å². The highest BCUT2D eigenvalue weighted by atomic mass is 16.3. The van der Waals surface area contributed by atoms with Gasteiger partial charge in [0.05, 0.1) is 0 Å². The van der Waals surface area contributed by atoms with Crippen LogP contribution in [0.25, 0.3) is 44.2 Å². The van der Waals surface area contributed by atoms with Gasteiger partial charge < -0.3 is 9.32 Å². The van der Waals surface area contributed by atoms with Crippen LogP contribution in [0, 0.1) is 0 Å². The van der Waals surface area contributed by atoms with E-state index >= 15 is 0 Å². The molecule has 0 fully saturated rings. The molecule has 1 aromatic heterocycles. The van der Waals surface area contributed by atoms with Gasteiger partial charge in [0.25, 0.3) is 0 Å². The van der Waals surface area contributed by atoms with E-state index in [0.29, 0.717) is 11.8 Å². The van der Waals surface area contributed by atoms with E-state index in [4.69, 9.17) is 4.42 Å². The topological polar surface area (TPSA) is 16.4 Å². The second-order valence-corrected chi connectivity index (χ2v) is 21.1. The van der Waals surface area contributed by atoms with Gasteiger partial charge in [-0.05, 0) is 126 Å². The highest BCUT2D eigenvalue weighted by Crippen LogP contribution is 2.54. The molecule has 0 saturated heterocycles. The summed E-state index contributed by atoms with van der Waals surface area (Å²) >= 11 is 0. The second-order valence-electron chi connectivity index (χ2n) is 21.1. The molecular formula is C56H61NO. The molecule has 6 aromatic carbocycles. The van der Waals surface area contributed by atoms with Gasteiger partial charge >= 0.3 is 0 Å². The molecule has 296 valence electrons. The zero-order chi connectivity index (χ0) is 41.4. The summed E-state index contributed by atoms with van der Waals surface area (Å²) in [7, 11) is 0. The third kappa shape index (κ3) is 5.72. The molecule has 0 spiro atoms. The molecule has 7 aromatic rings. The lowest BCUT2D eigenvalue weighted by Gasteiger charge is -2.31. The van der Waals surface area contributed by atoms with Gasteiger partial charge in [-0.3, -0.25) is 0 Å². The number of hydrogen-bond donors (Lipinski definition) is 0. The van der Waals surface area contributed by atoms with Gasteiger partial charge in [0.2, 0.25) is 0 Å². The molecule has 9 rings (SSSR count). The lowest BCUT2D eigenvalue weighted by Crippen LogP contribution is -2.19. The molecule has 2 aliphatic carbocycles. The molecule has 0 N–H and O–H groups in total. The van der Waals surface area contributed by atoms with E-state index in [9.17, 15) is 0 Å². The molecule has 0 unspecified atom stereocenters. The van der Waals surface area contributed by atoms with Crippen LogP contribution in [0.5, 0.6) is 0 Å². The predicted octanol–water partition coefficient (Wildman–Crippen LogP) is 16.5. The second kappa shape index (κ2) is 12.7. The first-order chi connectivity index (χ1) is 27.2. The maximum Gasteiger partial charge on any atom is 0.139 e. The Morgan fingerprint density at radius 2 is 1.07 bits per heavy atom. The molecule has 0 atom stereocenters. The van der Waals surface area contributed by atoms with Crippen LogP contribution in [-0.2, 0) is 21.7 Å². The highest BCUT2D eigenvalue weighted by molar-refractivity contribution is 6.10. The van der Waals surface area contributed by atoms with Crippen molar-refractivity contribution in [2.24, 2.45) is 0 Å². The number of furan rings is 1. The average Bonchev–Trinajstić information content (AvgIpc) is 3.72. The summed E-state index contributed by atoms with van der Waals surface area (Å²) < 4.78 is 7.00. The molecule has 1 heterocycles. The SMILES string of the molecule is CC(C)c1cc(C(C)C)c2c(c1)oc1c(C(C)(C)C)cc(N(c3ccc4c(c3)C(C)(C)c3ccccc3-4)c3ccc4c(c3)C(C)(C)c3cc(C(C)(C)C)ccc3-4)cc12. The van der Waals surface area contributed by atoms with Gasteiger partial charge in [-0.15, -0.1) is 0 Å². The molecule has 0 amide bonds. The predicted molar refractivity (Wildman–Crippen MR) is 249 cm³/mol. The van der Waals surface area contributed by atoms with Crippen LogP contribution in [0.1, 0.15) is 153 Å². The van der Waals surface area contributed by atoms with Gasteiger partial charge in [0.1, 0.15) is 11.2 Å². The van der Waals surface area contributed by atoms with Crippen LogP contribution >= 0.6 is 0 Å². The molecular weight excluding hydrogens is 703 g/mol. The number of fused-ring (bicyclic) bond motifs is 9. The minimum Gasteiger partial charge on any atom is -0.456 e. The van der Waals surface area contributed by atoms with Crippen molar-refractivity contribution >= 4 is 39.0 Å². The molecule has 58 heavy (non-hydrogen) atoms. The van der Waals surface area contributed by atoms with E-state index in [1.54, 1.807) is 0 Å². The first kappa shape index (κ1) is 38.4. The molecule has 0 radical (unpaired) electrons. The van der Waals surface area contributed by atoms with Crippen molar-refractivity contribution in [2.45, 2.75) is 130 Å². The molecule has 0 bridgehead atoms. The summed E-state index contributed by atoms with van der Waals surface area (Å²) in [5.74, 6) is 0.758. The van der Waals surface area contributed by atoms with Crippen molar-refractivity contribution in [2.75, 3.05) is 4.90 Å². The minimum absolute atomic E-state index is 0.0787. The standard InChI is InChI=1S/C56H61NO/c1-32(2)34-25-43(33(3)4)51-44-28-38(31-49(54(8,9)10)52(44)58-50(51)26-34)57(36-20-23-41-39-17-15-16-18-45(39)55(11,12)47(41)29-36)37-21-24-42-40-22-19-35(53(5,6)7)27-46(40)56(13,14)48(42)30-37/h15-33H,1-14H3. The summed E-state index contributed by atoms with van der Waals surface area (Å²) in [6.07, 6.45) is 0. The quantitative estimate of drug-likeness (QED) is 0.174. The van der Waals surface area contributed by atoms with Crippen LogP contribution in [0.3, 0.4) is 0 Å². The maximum absolute atomic E-state index is 7.00. The maximum atomic E-state index is 7.00. The van der Waals surface area contributed by atoms with Gasteiger partial charge in [-0.1, -0.05) is 158 Å². The summed E-state index contributed by atoms with van der Waals surface area (Å²) in [5, 5.41) is 2.44. The van der Waals surface area contributed by atoms with Crippen molar-refractivity contribution in [3.63, 3.8) is 0 Å². The third-order valence-electron chi connectivity index (χ3n) is 13.7. The monoisotopic (exact) mass is 763 g/mol. The molecule has 0 saturated carbocycles. The largest absolute Gasteiger partial charge is 0.456 e. The van der Waals surface area contributed by atoms with Crippen molar-refractivity contribution in [3.8, 4) is 22.3 Å². The Morgan fingerprint density at radius 3 is 1.64 bits per heavy atom. The smallest absolute Gasteiger partial charge is 0.139 e. The third-order valence-corrected chi connectivity index (χ3v) is 13.7. The normalized spacial score (nSPS) is 15.3. The van der Waals surface area contributed by atoms with E-state index in [1.165, 1.54) is 88.9 Å². The van der Waals surface area contributed by atoms with Gasteiger partial charge in [0.15, 0.2) is 0 Å². The van der Waals surface area contributed by atoms with E-state index < -0.39 is 0 Å². The zero-order valence-electron chi connectivity index (χ0n) is 37.3. The van der Waals surface area contributed by atoms with Gasteiger partial charge in [-0.25, -0.2) is 0 Å². The Morgan fingerprint density at radius 1 is 0.517 bits per heavy atom. The number of rotatable bonds is 5. The lowest BCUT2D eigenvalue weighted by atomic mass is 9.79. The average molecular weight is 764 g/mol. The van der Waals surface area contributed by atoms with Crippen molar-refractivity contribution in [1.82, 2.24) is 0 Å². The van der Waals surface area contributed by atoms with Crippen LogP contribution in [0.4, 0.5) is 17.1 Å². The first-order valence-corrected chi connectivity index (χ1v) is 21.6. The Labute approximate surface area is 347 Å². The number of benzene rings is 6. The highest BCUT2D eigenvalue weighted by Gasteiger charge is 2.39. The van der Waals surface area contributed by atoms with E-state index in [1.807, 2.05) is 0 Å². The fourth-order valence-corrected chi connectivity index (χ4v) is 10.1. The summed E-state index contributed by atoms with van der Waals surface area (Å²) in [4.78, 5) is 2.53. The molecule has 0 aliphatic heterocycles. The number of nitrogens with zero attached hydrogens (tertiary/aromatic N) is 1. The lowest BCUT2D eigenvalue weighted by molar-refractivity contribution is 0.572. The number of hydrogen-bond acceptors (Lipinski definition) is 2. The Kier molecular flexibility index (Phi) is 8.42. The van der Waals surface area contributed by atoms with Gasteiger partial charge in [0, 0.05) is 44.2 Å². The Balaban J connectivity index is 1.33. The van der Waals surface area contributed by atoms with E-state index in [2.05, 4.69) is 205 Å². The molecule has 2 heteroatoms. The van der Waals surface area contributed by atoms with Crippen LogP contribution in [0.2, 0.25) is 0 Å². The fraction of sp³-hybridized carbons (Fsp3) is 0.357. The van der Waals surface area contributed by atoms with Crippen molar-refractivity contribution in [3.05, 3.63) is 148 Å². The minimum atomic E-state index is -0.166. The summed E-state index contributed by atoms with van der Waals surface area (Å²) in [6.45, 7) is 32.7. The van der Waals surface area contributed by atoms with E-state index in [-0.39, 0.29) is 21.7 Å². The first-order valence-electron chi connectivity index (χ1n) is 21.6. The van der Waals surface area contributed by atoms with Crippen LogP contribution in [-0.4, -0.2) is 0 Å². The molecule has 2 aliphatic rings. The van der Waals surface area contributed by atoms with Crippen molar-refractivity contribution < 1.29 is 4.42 Å². The fourth-order valence-electron chi connectivity index (χ4n) is 10.1. The number of anilines is 3. The zero-order valence-corrected chi connectivity index (χ0v) is 37.3. The Hall–Kier alpha value is -5.08. The summed E-state index contributed by atoms with van der Waals surface area (Å²) in [6, 6.07) is 40.1. The van der Waals surface area contributed by atoms with Crippen LogP contribution in [0.15, 0.2) is 108 Å². The molecule has 2 nitrogen and oxygen atoms in total.